The summed E-state index contributed by atoms with van der Waals surface area (Å²) < 4.78 is 6.06. The third-order valence-corrected chi connectivity index (χ3v) is 3.59. The number of hydrogen-bond donors (Lipinski definition) is 1. The van der Waals surface area contributed by atoms with Crippen LogP contribution in [0.5, 0.6) is 0 Å². The quantitative estimate of drug-likeness (QED) is 0.725. The van der Waals surface area contributed by atoms with Crippen LogP contribution in [0.15, 0.2) is 0 Å². The maximum absolute atomic E-state index is 6.06. The largest absolute Gasteiger partial charge is 0.371 e. The van der Waals surface area contributed by atoms with Gasteiger partial charge in [-0.2, -0.15) is 0 Å². The standard InChI is InChI=1S/C11H21NO/c1-8(2)13-11(7-12)5-3-4-9-6-10(9)11/h8-10H,3-7,12H2,1-2H3. The molecule has 3 atom stereocenters. The van der Waals surface area contributed by atoms with Gasteiger partial charge >= 0.3 is 0 Å². The van der Waals surface area contributed by atoms with Crippen molar-refractivity contribution in [1.29, 1.82) is 0 Å². The molecule has 2 aliphatic rings. The van der Waals surface area contributed by atoms with Crippen LogP contribution in [0.3, 0.4) is 0 Å². The minimum absolute atomic E-state index is 0.0527. The Morgan fingerprint density at radius 1 is 1.54 bits per heavy atom. The molecular formula is C11H21NO. The molecule has 3 unspecified atom stereocenters. The second-order valence-corrected chi connectivity index (χ2v) is 4.93. The summed E-state index contributed by atoms with van der Waals surface area (Å²) in [5, 5.41) is 0. The van der Waals surface area contributed by atoms with Gasteiger partial charge in [0.25, 0.3) is 0 Å². The van der Waals surface area contributed by atoms with Gasteiger partial charge in [0, 0.05) is 6.54 Å². The van der Waals surface area contributed by atoms with Gasteiger partial charge in [0.2, 0.25) is 0 Å². The summed E-state index contributed by atoms with van der Waals surface area (Å²) in [5.41, 5.74) is 5.93. The smallest absolute Gasteiger partial charge is 0.0838 e. The Labute approximate surface area is 80.8 Å². The first kappa shape index (κ1) is 9.47. The second kappa shape index (κ2) is 3.25. The van der Waals surface area contributed by atoms with E-state index in [0.29, 0.717) is 12.6 Å². The Balaban J connectivity index is 2.05. The second-order valence-electron chi connectivity index (χ2n) is 4.93. The molecule has 0 amide bonds. The summed E-state index contributed by atoms with van der Waals surface area (Å²) in [6, 6.07) is 0. The lowest BCUT2D eigenvalue weighted by Crippen LogP contribution is -2.46. The summed E-state index contributed by atoms with van der Waals surface area (Å²) in [5.74, 6) is 1.73. The van der Waals surface area contributed by atoms with Crippen molar-refractivity contribution in [1.82, 2.24) is 0 Å². The molecule has 0 aromatic carbocycles. The van der Waals surface area contributed by atoms with Crippen LogP contribution in [0.4, 0.5) is 0 Å². The van der Waals surface area contributed by atoms with Gasteiger partial charge in [-0.1, -0.05) is 6.42 Å². The summed E-state index contributed by atoms with van der Waals surface area (Å²) >= 11 is 0. The molecule has 0 aliphatic heterocycles. The average molecular weight is 183 g/mol. The lowest BCUT2D eigenvalue weighted by molar-refractivity contribution is -0.105. The van der Waals surface area contributed by atoms with Crippen LogP contribution in [-0.4, -0.2) is 18.2 Å². The number of rotatable bonds is 3. The summed E-state index contributed by atoms with van der Waals surface area (Å²) in [6.45, 7) is 4.94. The van der Waals surface area contributed by atoms with Gasteiger partial charge in [-0.05, 0) is 44.9 Å². The van der Waals surface area contributed by atoms with Crippen LogP contribution in [0.2, 0.25) is 0 Å². The van der Waals surface area contributed by atoms with Crippen molar-refractivity contribution in [2.75, 3.05) is 6.54 Å². The Kier molecular flexibility index (Phi) is 2.37. The van der Waals surface area contributed by atoms with Gasteiger partial charge in [-0.25, -0.2) is 0 Å². The highest BCUT2D eigenvalue weighted by molar-refractivity contribution is 5.06. The Bertz CT molecular complexity index is 193. The molecule has 0 spiro atoms. The van der Waals surface area contributed by atoms with Crippen LogP contribution in [0.25, 0.3) is 0 Å². The van der Waals surface area contributed by atoms with Crippen molar-refractivity contribution in [2.24, 2.45) is 17.6 Å². The SMILES string of the molecule is CC(C)OC1(CN)CCCC2CC21. The van der Waals surface area contributed by atoms with Gasteiger partial charge in [-0.15, -0.1) is 0 Å². The van der Waals surface area contributed by atoms with E-state index in [1.54, 1.807) is 0 Å². The van der Waals surface area contributed by atoms with E-state index in [9.17, 15) is 0 Å². The first-order valence-corrected chi connectivity index (χ1v) is 5.56. The van der Waals surface area contributed by atoms with Crippen molar-refractivity contribution in [3.05, 3.63) is 0 Å². The topological polar surface area (TPSA) is 35.2 Å². The molecule has 2 N–H and O–H groups in total. The third-order valence-electron chi connectivity index (χ3n) is 3.59. The van der Waals surface area contributed by atoms with Crippen molar-refractivity contribution in [3.8, 4) is 0 Å². The van der Waals surface area contributed by atoms with Crippen LogP contribution < -0.4 is 5.73 Å². The number of nitrogens with two attached hydrogens (primary N) is 1. The highest BCUT2D eigenvalue weighted by Gasteiger charge is 2.55. The molecule has 2 fully saturated rings. The minimum atomic E-state index is 0.0527. The van der Waals surface area contributed by atoms with E-state index in [-0.39, 0.29) is 5.60 Å². The number of fused-ring (bicyclic) bond motifs is 1. The number of ether oxygens (including phenoxy) is 1. The molecule has 0 bridgehead atoms. The molecule has 0 aromatic rings. The molecule has 2 rings (SSSR count). The molecule has 0 radical (unpaired) electrons. The van der Waals surface area contributed by atoms with Crippen molar-refractivity contribution in [3.63, 3.8) is 0 Å². The van der Waals surface area contributed by atoms with Gasteiger partial charge in [0.05, 0.1) is 11.7 Å². The molecule has 0 heterocycles. The van der Waals surface area contributed by atoms with Gasteiger partial charge in [0.1, 0.15) is 0 Å². The lowest BCUT2D eigenvalue weighted by Gasteiger charge is -2.38. The van der Waals surface area contributed by atoms with E-state index < -0.39 is 0 Å². The fraction of sp³-hybridized carbons (Fsp3) is 1.00. The summed E-state index contributed by atoms with van der Waals surface area (Å²) in [6.07, 6.45) is 5.59. The van der Waals surface area contributed by atoms with Crippen LogP contribution in [-0.2, 0) is 4.74 Å². The van der Waals surface area contributed by atoms with Crippen LogP contribution in [0, 0.1) is 11.8 Å². The first-order valence-electron chi connectivity index (χ1n) is 5.56. The fourth-order valence-corrected chi connectivity index (χ4v) is 2.98. The predicted octanol–water partition coefficient (Wildman–Crippen LogP) is 1.93. The zero-order chi connectivity index (χ0) is 9.47. The zero-order valence-corrected chi connectivity index (χ0v) is 8.75. The monoisotopic (exact) mass is 183 g/mol. The lowest BCUT2D eigenvalue weighted by atomic mass is 9.84. The number of hydrogen-bond acceptors (Lipinski definition) is 2. The molecule has 0 aromatic heterocycles. The third kappa shape index (κ3) is 1.62. The van der Waals surface area contributed by atoms with E-state index in [2.05, 4.69) is 13.8 Å². The van der Waals surface area contributed by atoms with Gasteiger partial charge < -0.3 is 10.5 Å². The Hall–Kier alpha value is -0.0800. The molecule has 2 heteroatoms. The van der Waals surface area contributed by atoms with Crippen LogP contribution in [0.1, 0.15) is 39.5 Å². The first-order chi connectivity index (χ1) is 6.18. The maximum Gasteiger partial charge on any atom is 0.0838 e. The Morgan fingerprint density at radius 2 is 2.31 bits per heavy atom. The maximum atomic E-state index is 6.06. The van der Waals surface area contributed by atoms with E-state index >= 15 is 0 Å². The van der Waals surface area contributed by atoms with E-state index in [1.165, 1.54) is 25.7 Å². The average Bonchev–Trinajstić information content (AvgIpc) is 2.83. The molecule has 2 nitrogen and oxygen atoms in total. The molecule has 13 heavy (non-hydrogen) atoms. The Morgan fingerprint density at radius 3 is 2.92 bits per heavy atom. The molecule has 2 aliphatic carbocycles. The fourth-order valence-electron chi connectivity index (χ4n) is 2.98. The van der Waals surface area contributed by atoms with Crippen LogP contribution >= 0.6 is 0 Å². The van der Waals surface area contributed by atoms with Gasteiger partial charge in [-0.3, -0.25) is 0 Å². The minimum Gasteiger partial charge on any atom is -0.371 e. The predicted molar refractivity (Wildman–Crippen MR) is 53.5 cm³/mol. The molecule has 0 saturated heterocycles. The highest BCUT2D eigenvalue weighted by Crippen LogP contribution is 2.56. The van der Waals surface area contributed by atoms with E-state index in [1.807, 2.05) is 0 Å². The molecule has 2 saturated carbocycles. The summed E-state index contributed by atoms with van der Waals surface area (Å²) in [7, 11) is 0. The zero-order valence-electron chi connectivity index (χ0n) is 8.75. The van der Waals surface area contributed by atoms with E-state index in [0.717, 1.165) is 11.8 Å². The summed E-state index contributed by atoms with van der Waals surface area (Å²) in [4.78, 5) is 0. The highest BCUT2D eigenvalue weighted by atomic mass is 16.5. The molecule has 76 valence electrons. The van der Waals surface area contributed by atoms with Crippen molar-refractivity contribution < 1.29 is 4.74 Å². The molecular weight excluding hydrogens is 162 g/mol. The van der Waals surface area contributed by atoms with E-state index in [4.69, 9.17) is 10.5 Å². The van der Waals surface area contributed by atoms with Crippen molar-refractivity contribution >= 4 is 0 Å². The van der Waals surface area contributed by atoms with Crippen molar-refractivity contribution in [2.45, 2.75) is 51.2 Å². The normalized spacial score (nSPS) is 43.4. The van der Waals surface area contributed by atoms with Gasteiger partial charge in [0.15, 0.2) is 0 Å².